The van der Waals surface area contributed by atoms with Crippen molar-refractivity contribution in [3.63, 3.8) is 0 Å². The molecule has 0 radical (unpaired) electrons. The topological polar surface area (TPSA) is 72.0 Å². The van der Waals surface area contributed by atoms with Crippen molar-refractivity contribution in [1.29, 1.82) is 0 Å². The van der Waals surface area contributed by atoms with Crippen molar-refractivity contribution in [2.24, 2.45) is 0 Å². The molecule has 6 heteroatoms. The largest absolute Gasteiger partial charge is 0.240 e. The molecule has 0 atom stereocenters. The van der Waals surface area contributed by atoms with Crippen molar-refractivity contribution >= 4 is 10.0 Å². The third-order valence-electron chi connectivity index (χ3n) is 1.57. The first-order chi connectivity index (χ1) is 6.89. The summed E-state index contributed by atoms with van der Waals surface area (Å²) in [6.45, 7) is 5.39. The maximum atomic E-state index is 11.5. The first kappa shape index (κ1) is 12.1. The fourth-order valence-corrected chi connectivity index (χ4v) is 2.36. The SMILES string of the molecule is Cc1cnc(CS(=O)(=O)NC(C)C)nc1. The number of hydrogen-bond acceptors (Lipinski definition) is 4. The molecule has 0 saturated carbocycles. The van der Waals surface area contributed by atoms with Crippen molar-refractivity contribution in [2.75, 3.05) is 0 Å². The van der Waals surface area contributed by atoms with Gasteiger partial charge in [-0.15, -0.1) is 0 Å². The molecule has 0 amide bonds. The minimum Gasteiger partial charge on any atom is -0.240 e. The zero-order valence-corrected chi connectivity index (χ0v) is 9.87. The van der Waals surface area contributed by atoms with Gasteiger partial charge < -0.3 is 0 Å². The number of aromatic nitrogens is 2. The van der Waals surface area contributed by atoms with Crippen LogP contribution in [0.15, 0.2) is 12.4 Å². The van der Waals surface area contributed by atoms with Crippen LogP contribution < -0.4 is 4.72 Å². The van der Waals surface area contributed by atoms with Crippen molar-refractivity contribution in [3.8, 4) is 0 Å². The van der Waals surface area contributed by atoms with Gasteiger partial charge in [0.05, 0.1) is 0 Å². The second kappa shape index (κ2) is 4.67. The number of hydrogen-bond donors (Lipinski definition) is 1. The highest BCUT2D eigenvalue weighted by molar-refractivity contribution is 7.88. The number of sulfonamides is 1. The molecule has 0 aromatic carbocycles. The van der Waals surface area contributed by atoms with E-state index in [1.54, 1.807) is 26.2 Å². The third kappa shape index (κ3) is 4.35. The summed E-state index contributed by atoms with van der Waals surface area (Å²) in [6.07, 6.45) is 3.21. The van der Waals surface area contributed by atoms with E-state index in [9.17, 15) is 8.42 Å². The molecular formula is C9H15N3O2S. The lowest BCUT2D eigenvalue weighted by molar-refractivity contribution is 0.567. The molecule has 1 aromatic heterocycles. The Balaban J connectivity index is 2.73. The minimum absolute atomic E-state index is 0.111. The summed E-state index contributed by atoms with van der Waals surface area (Å²) in [5.74, 6) is 0.139. The van der Waals surface area contributed by atoms with Crippen LogP contribution in [0.3, 0.4) is 0 Å². The molecule has 1 aromatic rings. The molecule has 1 rings (SSSR count). The Labute approximate surface area is 90.0 Å². The molecule has 0 unspecified atom stereocenters. The minimum atomic E-state index is -3.32. The Hall–Kier alpha value is -1.01. The summed E-state index contributed by atoms with van der Waals surface area (Å²) in [5.41, 5.74) is 0.910. The first-order valence-electron chi connectivity index (χ1n) is 4.66. The van der Waals surface area contributed by atoms with E-state index in [4.69, 9.17) is 0 Å². The summed E-state index contributed by atoms with van der Waals surface area (Å²) in [4.78, 5) is 7.88. The van der Waals surface area contributed by atoms with Crippen LogP contribution >= 0.6 is 0 Å². The van der Waals surface area contributed by atoms with Gasteiger partial charge in [0.25, 0.3) is 0 Å². The van der Waals surface area contributed by atoms with E-state index < -0.39 is 10.0 Å². The van der Waals surface area contributed by atoms with Crippen LogP contribution in [0.1, 0.15) is 25.2 Å². The predicted octanol–water partition coefficient (Wildman–Crippen LogP) is 0.613. The second-order valence-electron chi connectivity index (χ2n) is 3.71. The fourth-order valence-electron chi connectivity index (χ4n) is 1.06. The number of rotatable bonds is 4. The molecule has 0 saturated heterocycles. The number of aryl methyl sites for hydroxylation is 1. The highest BCUT2D eigenvalue weighted by Gasteiger charge is 2.14. The van der Waals surface area contributed by atoms with Crippen molar-refractivity contribution < 1.29 is 8.42 Å². The summed E-state index contributed by atoms with van der Waals surface area (Å²) in [6, 6.07) is -0.111. The van der Waals surface area contributed by atoms with Gasteiger partial charge in [0.1, 0.15) is 11.6 Å². The lowest BCUT2D eigenvalue weighted by Crippen LogP contribution is -2.31. The maximum Gasteiger partial charge on any atom is 0.219 e. The molecule has 0 spiro atoms. The average molecular weight is 229 g/mol. The van der Waals surface area contributed by atoms with Crippen LogP contribution in [0.2, 0.25) is 0 Å². The smallest absolute Gasteiger partial charge is 0.219 e. The molecule has 0 aliphatic carbocycles. The van der Waals surface area contributed by atoms with Crippen LogP contribution in [0.5, 0.6) is 0 Å². The quantitative estimate of drug-likeness (QED) is 0.821. The van der Waals surface area contributed by atoms with E-state index >= 15 is 0 Å². The lowest BCUT2D eigenvalue weighted by atomic mass is 10.4. The van der Waals surface area contributed by atoms with E-state index in [2.05, 4.69) is 14.7 Å². The van der Waals surface area contributed by atoms with Gasteiger partial charge in [-0.3, -0.25) is 0 Å². The molecule has 84 valence electrons. The monoisotopic (exact) mass is 229 g/mol. The zero-order valence-electron chi connectivity index (χ0n) is 9.06. The Kier molecular flexibility index (Phi) is 3.76. The molecule has 0 bridgehead atoms. The predicted molar refractivity (Wildman–Crippen MR) is 57.7 cm³/mol. The molecule has 5 nitrogen and oxygen atoms in total. The van der Waals surface area contributed by atoms with Crippen LogP contribution in [-0.4, -0.2) is 24.4 Å². The van der Waals surface area contributed by atoms with Gasteiger partial charge in [-0.2, -0.15) is 0 Å². The van der Waals surface area contributed by atoms with Gasteiger partial charge in [0.15, 0.2) is 0 Å². The van der Waals surface area contributed by atoms with Crippen LogP contribution in [0.4, 0.5) is 0 Å². The maximum absolute atomic E-state index is 11.5. The molecule has 0 aliphatic rings. The standard InChI is InChI=1S/C9H15N3O2S/c1-7(2)12-15(13,14)6-9-10-4-8(3)5-11-9/h4-5,7,12H,6H2,1-3H3. The van der Waals surface area contributed by atoms with Crippen LogP contribution in [-0.2, 0) is 15.8 Å². The summed E-state index contributed by atoms with van der Waals surface area (Å²) in [7, 11) is -3.32. The van der Waals surface area contributed by atoms with Gasteiger partial charge in [-0.05, 0) is 26.3 Å². The molecule has 1 heterocycles. The van der Waals surface area contributed by atoms with E-state index in [0.717, 1.165) is 5.56 Å². The van der Waals surface area contributed by atoms with E-state index in [-0.39, 0.29) is 11.8 Å². The van der Waals surface area contributed by atoms with Crippen molar-refractivity contribution in [3.05, 3.63) is 23.8 Å². The fraction of sp³-hybridized carbons (Fsp3) is 0.556. The second-order valence-corrected chi connectivity index (χ2v) is 5.46. The van der Waals surface area contributed by atoms with E-state index in [0.29, 0.717) is 5.82 Å². The highest BCUT2D eigenvalue weighted by Crippen LogP contribution is 2.00. The Bertz CT molecular complexity index is 411. The number of nitrogens with one attached hydrogen (secondary N) is 1. The van der Waals surface area contributed by atoms with E-state index in [1.807, 2.05) is 6.92 Å². The Morgan fingerprint density at radius 3 is 2.33 bits per heavy atom. The average Bonchev–Trinajstić information content (AvgIpc) is 2.06. The summed E-state index contributed by atoms with van der Waals surface area (Å²) < 4.78 is 25.5. The van der Waals surface area contributed by atoms with Crippen LogP contribution in [0, 0.1) is 6.92 Å². The van der Waals surface area contributed by atoms with E-state index in [1.165, 1.54) is 0 Å². The Morgan fingerprint density at radius 2 is 1.87 bits per heavy atom. The van der Waals surface area contributed by atoms with Gasteiger partial charge in [0, 0.05) is 18.4 Å². The summed E-state index contributed by atoms with van der Waals surface area (Å²) in [5, 5.41) is 0. The molecule has 0 fully saturated rings. The number of nitrogens with zero attached hydrogens (tertiary/aromatic N) is 2. The normalized spacial score (nSPS) is 12.0. The molecule has 15 heavy (non-hydrogen) atoms. The molecule has 0 aliphatic heterocycles. The van der Waals surface area contributed by atoms with Gasteiger partial charge in [-0.1, -0.05) is 0 Å². The first-order valence-corrected chi connectivity index (χ1v) is 6.32. The van der Waals surface area contributed by atoms with Crippen molar-refractivity contribution in [2.45, 2.75) is 32.6 Å². The summed E-state index contributed by atoms with van der Waals surface area (Å²) >= 11 is 0. The highest BCUT2D eigenvalue weighted by atomic mass is 32.2. The van der Waals surface area contributed by atoms with Gasteiger partial charge in [-0.25, -0.2) is 23.1 Å². The van der Waals surface area contributed by atoms with Crippen molar-refractivity contribution in [1.82, 2.24) is 14.7 Å². The van der Waals surface area contributed by atoms with Crippen LogP contribution in [0.25, 0.3) is 0 Å². The zero-order chi connectivity index (χ0) is 11.5. The Morgan fingerprint density at radius 1 is 1.33 bits per heavy atom. The lowest BCUT2D eigenvalue weighted by Gasteiger charge is -2.08. The van der Waals surface area contributed by atoms with Gasteiger partial charge >= 0.3 is 0 Å². The third-order valence-corrected chi connectivity index (χ3v) is 3.04. The van der Waals surface area contributed by atoms with Gasteiger partial charge in [0.2, 0.25) is 10.0 Å². The molecular weight excluding hydrogens is 214 g/mol. The molecule has 1 N–H and O–H groups in total.